The summed E-state index contributed by atoms with van der Waals surface area (Å²) in [5, 5.41) is 3.15. The van der Waals surface area contributed by atoms with Crippen LogP contribution in [0, 0.1) is 0 Å². The Morgan fingerprint density at radius 2 is 2.08 bits per heavy atom. The van der Waals surface area contributed by atoms with Gasteiger partial charge in [0.25, 0.3) is 5.92 Å². The van der Waals surface area contributed by atoms with Crippen molar-refractivity contribution in [3.8, 4) is 0 Å². The highest BCUT2D eigenvalue weighted by Gasteiger charge is 2.47. The summed E-state index contributed by atoms with van der Waals surface area (Å²) in [4.78, 5) is 0. The van der Waals surface area contributed by atoms with Gasteiger partial charge in [0, 0.05) is 31.5 Å². The summed E-state index contributed by atoms with van der Waals surface area (Å²) in [5.41, 5.74) is -0.415. The van der Waals surface area contributed by atoms with Crippen LogP contribution in [0.1, 0.15) is 19.3 Å². The molecule has 4 heteroatoms. The topological polar surface area (TPSA) is 21.3 Å². The summed E-state index contributed by atoms with van der Waals surface area (Å²) in [6, 6.07) is 0. The molecule has 0 aromatic heterocycles. The molecule has 2 heterocycles. The maximum Gasteiger partial charge on any atom is 0.251 e. The molecule has 0 aromatic rings. The van der Waals surface area contributed by atoms with Gasteiger partial charge in [-0.1, -0.05) is 0 Å². The zero-order valence-electron chi connectivity index (χ0n) is 6.91. The molecule has 2 aliphatic heterocycles. The first kappa shape index (κ1) is 8.38. The van der Waals surface area contributed by atoms with E-state index >= 15 is 0 Å². The smallest absolute Gasteiger partial charge is 0.251 e. The van der Waals surface area contributed by atoms with Crippen LogP contribution in [0.3, 0.4) is 0 Å². The summed E-state index contributed by atoms with van der Waals surface area (Å²) in [6.45, 7) is 1.47. The van der Waals surface area contributed by atoms with E-state index in [4.69, 9.17) is 4.74 Å². The van der Waals surface area contributed by atoms with Gasteiger partial charge >= 0.3 is 0 Å². The van der Waals surface area contributed by atoms with Gasteiger partial charge in [0.05, 0.1) is 6.61 Å². The largest absolute Gasteiger partial charge is 0.379 e. The van der Waals surface area contributed by atoms with Crippen LogP contribution in [-0.4, -0.2) is 31.2 Å². The summed E-state index contributed by atoms with van der Waals surface area (Å²) >= 11 is 0. The van der Waals surface area contributed by atoms with Crippen LogP contribution in [0.25, 0.3) is 0 Å². The second-order valence-corrected chi connectivity index (χ2v) is 3.79. The van der Waals surface area contributed by atoms with Crippen LogP contribution in [0.5, 0.6) is 0 Å². The fourth-order valence-corrected chi connectivity index (χ4v) is 2.04. The molecule has 0 aliphatic carbocycles. The SMILES string of the molecule is FC1(F)CCNC2(CCOC2)C1. The molecule has 0 aromatic carbocycles. The zero-order chi connectivity index (χ0) is 8.66. The van der Waals surface area contributed by atoms with Gasteiger partial charge in [0.2, 0.25) is 0 Å². The summed E-state index contributed by atoms with van der Waals surface area (Å²) in [6.07, 6.45) is 0.636. The van der Waals surface area contributed by atoms with Crippen LogP contribution in [0.15, 0.2) is 0 Å². The van der Waals surface area contributed by atoms with Crippen LogP contribution in [0.2, 0.25) is 0 Å². The van der Waals surface area contributed by atoms with Crippen LogP contribution in [-0.2, 0) is 4.74 Å². The molecule has 2 rings (SSSR count). The quantitative estimate of drug-likeness (QED) is 0.599. The van der Waals surface area contributed by atoms with E-state index in [1.807, 2.05) is 0 Å². The highest BCUT2D eigenvalue weighted by molar-refractivity contribution is 4.99. The molecular formula is C8H13F2NO. The van der Waals surface area contributed by atoms with Gasteiger partial charge < -0.3 is 10.1 Å². The Hall–Kier alpha value is -0.220. The third kappa shape index (κ3) is 1.45. The van der Waals surface area contributed by atoms with Gasteiger partial charge in [-0.2, -0.15) is 0 Å². The van der Waals surface area contributed by atoms with Crippen molar-refractivity contribution < 1.29 is 13.5 Å². The Bertz CT molecular complexity index is 178. The van der Waals surface area contributed by atoms with E-state index in [2.05, 4.69) is 5.32 Å². The lowest BCUT2D eigenvalue weighted by atomic mass is 9.86. The summed E-state index contributed by atoms with van der Waals surface area (Å²) in [5.74, 6) is -2.49. The molecule has 2 aliphatic rings. The number of rotatable bonds is 0. The fourth-order valence-electron chi connectivity index (χ4n) is 2.04. The van der Waals surface area contributed by atoms with Gasteiger partial charge in [0.1, 0.15) is 0 Å². The van der Waals surface area contributed by atoms with E-state index < -0.39 is 11.5 Å². The highest BCUT2D eigenvalue weighted by Crippen LogP contribution is 2.37. The molecule has 1 N–H and O–H groups in total. The summed E-state index contributed by atoms with van der Waals surface area (Å²) in [7, 11) is 0. The fraction of sp³-hybridized carbons (Fsp3) is 1.00. The highest BCUT2D eigenvalue weighted by atomic mass is 19.3. The molecule has 0 saturated carbocycles. The predicted molar refractivity (Wildman–Crippen MR) is 40.4 cm³/mol. The Balaban J connectivity index is 2.07. The summed E-state index contributed by atoms with van der Waals surface area (Å²) < 4.78 is 31.1. The molecule has 2 saturated heterocycles. The molecule has 0 amide bonds. The lowest BCUT2D eigenvalue weighted by Gasteiger charge is -2.37. The predicted octanol–water partition coefficient (Wildman–Crippen LogP) is 1.16. The van der Waals surface area contributed by atoms with Crippen LogP contribution < -0.4 is 5.32 Å². The van der Waals surface area contributed by atoms with Crippen molar-refractivity contribution in [2.75, 3.05) is 19.8 Å². The Labute approximate surface area is 70.3 Å². The van der Waals surface area contributed by atoms with Crippen molar-refractivity contribution in [3.05, 3.63) is 0 Å². The molecule has 1 unspecified atom stereocenters. The first-order chi connectivity index (χ1) is 5.62. The minimum atomic E-state index is -2.49. The number of hydrogen-bond donors (Lipinski definition) is 1. The second kappa shape index (κ2) is 2.64. The molecule has 1 atom stereocenters. The third-order valence-electron chi connectivity index (χ3n) is 2.69. The van der Waals surface area contributed by atoms with E-state index in [1.54, 1.807) is 0 Å². The van der Waals surface area contributed by atoms with E-state index in [0.29, 0.717) is 19.8 Å². The Morgan fingerprint density at radius 1 is 1.25 bits per heavy atom. The van der Waals surface area contributed by atoms with E-state index in [1.165, 1.54) is 0 Å². The normalized spacial score (nSPS) is 40.5. The third-order valence-corrected chi connectivity index (χ3v) is 2.69. The monoisotopic (exact) mass is 177 g/mol. The van der Waals surface area contributed by atoms with Crippen LogP contribution >= 0.6 is 0 Å². The number of nitrogens with one attached hydrogen (secondary N) is 1. The molecular weight excluding hydrogens is 164 g/mol. The number of ether oxygens (including phenoxy) is 1. The molecule has 0 bridgehead atoms. The number of piperidine rings is 1. The number of halogens is 2. The average Bonchev–Trinajstić information content (AvgIpc) is 2.34. The molecule has 0 radical (unpaired) electrons. The van der Waals surface area contributed by atoms with Gasteiger partial charge in [-0.05, 0) is 6.42 Å². The molecule has 70 valence electrons. The minimum Gasteiger partial charge on any atom is -0.379 e. The first-order valence-electron chi connectivity index (χ1n) is 4.33. The molecule has 1 spiro atoms. The molecule has 2 fully saturated rings. The second-order valence-electron chi connectivity index (χ2n) is 3.79. The maximum absolute atomic E-state index is 13.0. The first-order valence-corrected chi connectivity index (χ1v) is 4.33. The Kier molecular flexibility index (Phi) is 1.84. The lowest BCUT2D eigenvalue weighted by molar-refractivity contribution is -0.0641. The maximum atomic E-state index is 13.0. The van der Waals surface area contributed by atoms with Crippen molar-refractivity contribution >= 4 is 0 Å². The van der Waals surface area contributed by atoms with Crippen molar-refractivity contribution in [2.45, 2.75) is 30.7 Å². The lowest BCUT2D eigenvalue weighted by Crippen LogP contribution is -2.55. The van der Waals surface area contributed by atoms with Crippen molar-refractivity contribution in [2.24, 2.45) is 0 Å². The van der Waals surface area contributed by atoms with Gasteiger partial charge in [0.15, 0.2) is 0 Å². The van der Waals surface area contributed by atoms with Crippen molar-refractivity contribution in [1.82, 2.24) is 5.32 Å². The van der Waals surface area contributed by atoms with E-state index in [0.717, 1.165) is 6.42 Å². The van der Waals surface area contributed by atoms with Crippen LogP contribution in [0.4, 0.5) is 8.78 Å². The molecule has 12 heavy (non-hydrogen) atoms. The van der Waals surface area contributed by atoms with Gasteiger partial charge in [-0.15, -0.1) is 0 Å². The van der Waals surface area contributed by atoms with Crippen molar-refractivity contribution in [3.63, 3.8) is 0 Å². The molecule has 2 nitrogen and oxygen atoms in total. The van der Waals surface area contributed by atoms with Crippen molar-refractivity contribution in [1.29, 1.82) is 0 Å². The average molecular weight is 177 g/mol. The standard InChI is InChI=1S/C8H13F2NO/c9-8(10)1-3-11-7(5-8)2-4-12-6-7/h11H,1-6H2. The van der Waals surface area contributed by atoms with E-state index in [9.17, 15) is 8.78 Å². The number of alkyl halides is 2. The Morgan fingerprint density at radius 3 is 2.67 bits per heavy atom. The minimum absolute atomic E-state index is 0.0330. The van der Waals surface area contributed by atoms with Gasteiger partial charge in [-0.3, -0.25) is 0 Å². The zero-order valence-corrected chi connectivity index (χ0v) is 6.91. The number of hydrogen-bond acceptors (Lipinski definition) is 2. The van der Waals surface area contributed by atoms with E-state index in [-0.39, 0.29) is 12.8 Å². The van der Waals surface area contributed by atoms with Gasteiger partial charge in [-0.25, -0.2) is 8.78 Å².